The number of rotatable bonds is 8. The topological polar surface area (TPSA) is 70.7 Å². The molecule has 2 N–H and O–H groups in total. The van der Waals surface area contributed by atoms with Crippen LogP contribution in [0, 0.1) is 11.8 Å². The van der Waals surface area contributed by atoms with Crippen molar-refractivity contribution < 1.29 is 14.3 Å². The smallest absolute Gasteiger partial charge is 0.223 e. The summed E-state index contributed by atoms with van der Waals surface area (Å²) in [6, 6.07) is 8.34. The van der Waals surface area contributed by atoms with Crippen molar-refractivity contribution >= 4 is 11.8 Å². The fourth-order valence-corrected chi connectivity index (χ4v) is 3.54. The maximum atomic E-state index is 12.0. The summed E-state index contributed by atoms with van der Waals surface area (Å²) in [5.41, 5.74) is 2.35. The maximum absolute atomic E-state index is 12.0. The molecule has 1 aliphatic heterocycles. The molecule has 0 bridgehead atoms. The molecule has 0 radical (unpaired) electrons. The van der Waals surface area contributed by atoms with Crippen LogP contribution in [0.2, 0.25) is 0 Å². The highest BCUT2D eigenvalue weighted by molar-refractivity contribution is 5.82. The van der Waals surface area contributed by atoms with Crippen molar-refractivity contribution in [1.82, 2.24) is 15.5 Å². The van der Waals surface area contributed by atoms with Crippen molar-refractivity contribution in [3.63, 3.8) is 0 Å². The largest absolute Gasteiger partial charge is 0.376 e. The average Bonchev–Trinajstić information content (AvgIpc) is 3.37. The van der Waals surface area contributed by atoms with Gasteiger partial charge in [-0.05, 0) is 30.4 Å². The molecule has 1 aromatic rings. The van der Waals surface area contributed by atoms with Crippen molar-refractivity contribution in [2.75, 3.05) is 26.2 Å². The Bertz CT molecular complexity index is 664. The molecule has 1 saturated carbocycles. The van der Waals surface area contributed by atoms with Crippen molar-refractivity contribution in [2.24, 2.45) is 11.8 Å². The van der Waals surface area contributed by atoms with Gasteiger partial charge in [0.1, 0.15) is 0 Å². The summed E-state index contributed by atoms with van der Waals surface area (Å²) in [4.78, 5) is 26.1. The van der Waals surface area contributed by atoms with E-state index in [1.54, 1.807) is 0 Å². The van der Waals surface area contributed by atoms with E-state index >= 15 is 0 Å². The minimum Gasteiger partial charge on any atom is -0.376 e. The third kappa shape index (κ3) is 6.33. The number of carbonyl (C=O) groups excluding carboxylic acids is 2. The van der Waals surface area contributed by atoms with Gasteiger partial charge in [-0.15, -0.1) is 0 Å². The lowest BCUT2D eigenvalue weighted by atomic mass is 10.1. The lowest BCUT2D eigenvalue weighted by Crippen LogP contribution is -2.40. The Morgan fingerprint density at radius 1 is 1.22 bits per heavy atom. The van der Waals surface area contributed by atoms with E-state index in [1.165, 1.54) is 5.56 Å². The van der Waals surface area contributed by atoms with E-state index in [0.717, 1.165) is 38.2 Å². The van der Waals surface area contributed by atoms with Gasteiger partial charge in [0.05, 0.1) is 12.7 Å². The van der Waals surface area contributed by atoms with Crippen molar-refractivity contribution in [2.45, 2.75) is 45.9 Å². The Kier molecular flexibility index (Phi) is 6.85. The monoisotopic (exact) mass is 373 g/mol. The van der Waals surface area contributed by atoms with Crippen molar-refractivity contribution in [1.29, 1.82) is 0 Å². The first-order valence-corrected chi connectivity index (χ1v) is 9.97. The Morgan fingerprint density at radius 2 is 2.00 bits per heavy atom. The molecule has 27 heavy (non-hydrogen) atoms. The van der Waals surface area contributed by atoms with Crippen LogP contribution < -0.4 is 10.6 Å². The van der Waals surface area contributed by atoms with Gasteiger partial charge >= 0.3 is 0 Å². The number of amides is 2. The first-order valence-electron chi connectivity index (χ1n) is 9.97. The fourth-order valence-electron chi connectivity index (χ4n) is 3.54. The summed E-state index contributed by atoms with van der Waals surface area (Å²) in [7, 11) is 0. The molecule has 1 saturated heterocycles. The van der Waals surface area contributed by atoms with E-state index in [4.69, 9.17) is 4.74 Å². The van der Waals surface area contributed by atoms with Gasteiger partial charge < -0.3 is 15.4 Å². The predicted octanol–water partition coefficient (Wildman–Crippen LogP) is 1.69. The molecule has 1 heterocycles. The molecule has 2 fully saturated rings. The zero-order valence-corrected chi connectivity index (χ0v) is 16.4. The molecule has 1 aromatic carbocycles. The molecule has 148 valence electrons. The highest BCUT2D eigenvalue weighted by atomic mass is 16.5. The first-order chi connectivity index (χ1) is 13.0. The minimum atomic E-state index is -0.0356. The number of carbonyl (C=O) groups is 2. The van der Waals surface area contributed by atoms with E-state index in [1.807, 2.05) is 12.1 Å². The minimum absolute atomic E-state index is 0.0356. The SMILES string of the molecule is CC1CN(Cc2cccc(CNC(=O)CCNC(=O)C3CC3C)c2)CCO1. The summed E-state index contributed by atoms with van der Waals surface area (Å²) >= 11 is 0. The van der Waals surface area contributed by atoms with Gasteiger partial charge in [-0.1, -0.05) is 31.2 Å². The molecule has 6 nitrogen and oxygen atoms in total. The number of morpholine rings is 1. The first kappa shape index (κ1) is 19.8. The van der Waals surface area contributed by atoms with Gasteiger partial charge in [-0.2, -0.15) is 0 Å². The molecular formula is C21H31N3O3. The van der Waals surface area contributed by atoms with Crippen LogP contribution in [0.3, 0.4) is 0 Å². The van der Waals surface area contributed by atoms with Crippen molar-refractivity contribution in [3.8, 4) is 0 Å². The van der Waals surface area contributed by atoms with E-state index in [0.29, 0.717) is 25.4 Å². The third-order valence-electron chi connectivity index (χ3n) is 5.31. The molecular weight excluding hydrogens is 342 g/mol. The lowest BCUT2D eigenvalue weighted by Gasteiger charge is -2.31. The average molecular weight is 373 g/mol. The van der Waals surface area contributed by atoms with E-state index in [2.05, 4.69) is 41.5 Å². The summed E-state index contributed by atoms with van der Waals surface area (Å²) in [6.07, 6.45) is 1.57. The zero-order chi connectivity index (χ0) is 19.2. The van der Waals surface area contributed by atoms with Crippen molar-refractivity contribution in [3.05, 3.63) is 35.4 Å². The normalized spacial score (nSPS) is 25.0. The Labute approximate surface area is 161 Å². The second kappa shape index (κ2) is 9.33. The van der Waals surface area contributed by atoms with Crippen LogP contribution in [-0.2, 0) is 27.4 Å². The standard InChI is InChI=1S/C21H31N3O3/c1-15-10-19(15)21(26)22-7-6-20(25)23-12-17-4-3-5-18(11-17)14-24-8-9-27-16(2)13-24/h3-5,11,15-16,19H,6-10,12-14H2,1-2H3,(H,22,26)(H,23,25). The molecule has 3 rings (SSSR count). The Balaban J connectivity index is 1.37. The van der Waals surface area contributed by atoms with Crippen LogP contribution in [0.1, 0.15) is 37.8 Å². The van der Waals surface area contributed by atoms with Crippen LogP contribution in [0.25, 0.3) is 0 Å². The molecule has 6 heteroatoms. The molecule has 0 spiro atoms. The van der Waals surface area contributed by atoms with Gasteiger partial charge in [0.2, 0.25) is 11.8 Å². The second-order valence-corrected chi connectivity index (χ2v) is 7.87. The van der Waals surface area contributed by atoms with Crippen LogP contribution in [0.15, 0.2) is 24.3 Å². The zero-order valence-electron chi connectivity index (χ0n) is 16.4. The number of nitrogens with one attached hydrogen (secondary N) is 2. The van der Waals surface area contributed by atoms with Crippen LogP contribution in [0.4, 0.5) is 0 Å². The number of hydrogen-bond acceptors (Lipinski definition) is 4. The number of ether oxygens (including phenoxy) is 1. The second-order valence-electron chi connectivity index (χ2n) is 7.87. The van der Waals surface area contributed by atoms with E-state index < -0.39 is 0 Å². The molecule has 2 aliphatic rings. The molecule has 3 atom stereocenters. The summed E-state index contributed by atoms with van der Waals surface area (Å²) in [6.45, 7) is 8.69. The highest BCUT2D eigenvalue weighted by Crippen LogP contribution is 2.37. The van der Waals surface area contributed by atoms with E-state index in [-0.39, 0.29) is 23.8 Å². The Morgan fingerprint density at radius 3 is 2.74 bits per heavy atom. The molecule has 3 unspecified atom stereocenters. The summed E-state index contributed by atoms with van der Waals surface area (Å²) < 4.78 is 5.59. The van der Waals surface area contributed by atoms with Gasteiger partial charge in [-0.25, -0.2) is 0 Å². The molecule has 1 aliphatic carbocycles. The fraction of sp³-hybridized carbons (Fsp3) is 0.619. The molecule has 2 amide bonds. The Hall–Kier alpha value is -1.92. The number of hydrogen-bond donors (Lipinski definition) is 2. The third-order valence-corrected chi connectivity index (χ3v) is 5.31. The highest BCUT2D eigenvalue weighted by Gasteiger charge is 2.38. The van der Waals surface area contributed by atoms with Crippen LogP contribution in [0.5, 0.6) is 0 Å². The number of benzene rings is 1. The maximum Gasteiger partial charge on any atom is 0.223 e. The predicted molar refractivity (Wildman–Crippen MR) is 104 cm³/mol. The van der Waals surface area contributed by atoms with E-state index in [9.17, 15) is 9.59 Å². The van der Waals surface area contributed by atoms with Crippen LogP contribution in [-0.4, -0.2) is 49.1 Å². The summed E-state index contributed by atoms with van der Waals surface area (Å²) in [5, 5.41) is 5.79. The van der Waals surface area contributed by atoms with Gasteiger partial charge in [0, 0.05) is 45.1 Å². The quantitative estimate of drug-likeness (QED) is 0.727. The van der Waals surface area contributed by atoms with Gasteiger partial charge in [-0.3, -0.25) is 14.5 Å². The van der Waals surface area contributed by atoms with Crippen LogP contribution >= 0.6 is 0 Å². The summed E-state index contributed by atoms with van der Waals surface area (Å²) in [5.74, 6) is 0.698. The number of nitrogens with zero attached hydrogens (tertiary/aromatic N) is 1. The van der Waals surface area contributed by atoms with Gasteiger partial charge in [0.15, 0.2) is 0 Å². The lowest BCUT2D eigenvalue weighted by molar-refractivity contribution is -0.123. The molecule has 0 aromatic heterocycles. The van der Waals surface area contributed by atoms with Gasteiger partial charge in [0.25, 0.3) is 0 Å².